The van der Waals surface area contributed by atoms with E-state index in [0.29, 0.717) is 17.4 Å². The first-order valence-corrected chi connectivity index (χ1v) is 11.7. The number of halogens is 1. The third kappa shape index (κ3) is 5.50. The summed E-state index contributed by atoms with van der Waals surface area (Å²) in [5.74, 6) is 0.824. The summed E-state index contributed by atoms with van der Waals surface area (Å²) in [4.78, 5) is 17.3. The van der Waals surface area contributed by atoms with Crippen LogP contribution < -0.4 is 5.32 Å². The Morgan fingerprint density at radius 3 is 3.00 bits per heavy atom. The number of aromatic nitrogens is 4. The molecule has 1 N–H and O–H groups in total. The molecule has 3 heterocycles. The SMILES string of the molecule is Cc1nc(SCC(=O)Nc2ccnn2Cc2cccc(Cl)c2)n(C[C@H]2CCCO2)c1C. The van der Waals surface area contributed by atoms with Crippen molar-refractivity contribution in [2.45, 2.75) is 51.0 Å². The van der Waals surface area contributed by atoms with Crippen LogP contribution in [0.25, 0.3) is 0 Å². The van der Waals surface area contributed by atoms with Gasteiger partial charge in [0.05, 0.1) is 36.8 Å². The number of amides is 1. The van der Waals surface area contributed by atoms with Crippen molar-refractivity contribution in [3.63, 3.8) is 0 Å². The topological polar surface area (TPSA) is 74.0 Å². The van der Waals surface area contributed by atoms with E-state index in [1.165, 1.54) is 11.8 Å². The number of hydrogen-bond acceptors (Lipinski definition) is 5. The standard InChI is InChI=1S/C22H26ClN5O2S/c1-15-16(2)27(13-19-7-4-10-30-19)22(25-15)31-14-21(29)26-20-8-9-24-28(20)12-17-5-3-6-18(23)11-17/h3,5-6,8-9,11,19H,4,7,10,12-14H2,1-2H3,(H,26,29)/t19-/m1/s1. The van der Waals surface area contributed by atoms with E-state index in [9.17, 15) is 4.79 Å². The Hall–Kier alpha value is -2.29. The number of ether oxygens (including phenoxy) is 1. The number of nitrogens with zero attached hydrogens (tertiary/aromatic N) is 4. The van der Waals surface area contributed by atoms with Crippen LogP contribution in [-0.2, 0) is 22.6 Å². The Bertz CT molecular complexity index is 1060. The Morgan fingerprint density at radius 1 is 1.35 bits per heavy atom. The van der Waals surface area contributed by atoms with Gasteiger partial charge in [0.1, 0.15) is 5.82 Å². The fourth-order valence-electron chi connectivity index (χ4n) is 3.62. The van der Waals surface area contributed by atoms with E-state index < -0.39 is 0 Å². The number of anilines is 1. The minimum absolute atomic E-state index is 0.0974. The first kappa shape index (κ1) is 21.9. The summed E-state index contributed by atoms with van der Waals surface area (Å²) in [6.07, 6.45) is 4.07. The van der Waals surface area contributed by atoms with Crippen LogP contribution in [0.4, 0.5) is 5.82 Å². The predicted molar refractivity (Wildman–Crippen MR) is 123 cm³/mol. The molecule has 9 heteroatoms. The van der Waals surface area contributed by atoms with E-state index >= 15 is 0 Å². The maximum Gasteiger partial charge on any atom is 0.235 e. The third-order valence-corrected chi connectivity index (χ3v) is 6.58. The van der Waals surface area contributed by atoms with Gasteiger partial charge in [-0.05, 0) is 44.4 Å². The van der Waals surface area contributed by atoms with Gasteiger partial charge in [0.25, 0.3) is 0 Å². The second-order valence-electron chi connectivity index (χ2n) is 7.65. The lowest BCUT2D eigenvalue weighted by molar-refractivity contribution is -0.113. The first-order valence-electron chi connectivity index (χ1n) is 10.3. The Kier molecular flexibility index (Phi) is 6.99. The zero-order valence-electron chi connectivity index (χ0n) is 17.7. The quantitative estimate of drug-likeness (QED) is 0.508. The molecule has 164 valence electrons. The van der Waals surface area contributed by atoms with Crippen molar-refractivity contribution in [1.29, 1.82) is 0 Å². The molecule has 0 spiro atoms. The summed E-state index contributed by atoms with van der Waals surface area (Å²) in [6, 6.07) is 9.40. The second-order valence-corrected chi connectivity index (χ2v) is 9.03. The molecular weight excluding hydrogens is 434 g/mol. The highest BCUT2D eigenvalue weighted by Gasteiger charge is 2.21. The van der Waals surface area contributed by atoms with Gasteiger partial charge in [-0.1, -0.05) is 35.5 Å². The molecule has 1 atom stereocenters. The highest BCUT2D eigenvalue weighted by molar-refractivity contribution is 7.99. The van der Waals surface area contributed by atoms with Crippen molar-refractivity contribution in [1.82, 2.24) is 19.3 Å². The average Bonchev–Trinajstić information content (AvgIpc) is 3.46. The van der Waals surface area contributed by atoms with Crippen LogP contribution >= 0.6 is 23.4 Å². The van der Waals surface area contributed by atoms with Crippen LogP contribution in [0.3, 0.4) is 0 Å². The van der Waals surface area contributed by atoms with Gasteiger partial charge in [-0.15, -0.1) is 0 Å². The molecule has 1 saturated heterocycles. The van der Waals surface area contributed by atoms with Crippen LogP contribution in [0.2, 0.25) is 5.02 Å². The number of rotatable bonds is 8. The van der Waals surface area contributed by atoms with Gasteiger partial charge in [-0.25, -0.2) is 9.67 Å². The largest absolute Gasteiger partial charge is 0.376 e. The van der Waals surface area contributed by atoms with Crippen LogP contribution in [0, 0.1) is 13.8 Å². The molecule has 2 aromatic heterocycles. The van der Waals surface area contributed by atoms with Crippen molar-refractivity contribution in [3.8, 4) is 0 Å². The molecule has 0 saturated carbocycles. The van der Waals surface area contributed by atoms with Crippen LogP contribution in [-0.4, -0.2) is 43.7 Å². The number of imidazole rings is 1. The number of nitrogens with one attached hydrogen (secondary N) is 1. The van der Waals surface area contributed by atoms with Crippen molar-refractivity contribution >= 4 is 35.1 Å². The van der Waals surface area contributed by atoms with Gasteiger partial charge in [-0.2, -0.15) is 5.10 Å². The number of thioether (sulfide) groups is 1. The lowest BCUT2D eigenvalue weighted by atomic mass is 10.2. The minimum atomic E-state index is -0.0974. The highest BCUT2D eigenvalue weighted by Crippen LogP contribution is 2.24. The molecule has 31 heavy (non-hydrogen) atoms. The normalized spacial score (nSPS) is 16.0. The smallest absolute Gasteiger partial charge is 0.235 e. The van der Waals surface area contributed by atoms with Gasteiger partial charge < -0.3 is 14.6 Å². The molecule has 7 nitrogen and oxygen atoms in total. The summed E-state index contributed by atoms with van der Waals surface area (Å²) in [6.45, 7) is 6.20. The summed E-state index contributed by atoms with van der Waals surface area (Å²) in [5, 5.41) is 8.81. The molecule has 1 amide bonds. The molecule has 1 aliphatic heterocycles. The maximum absolute atomic E-state index is 12.6. The number of carbonyl (C=O) groups is 1. The van der Waals surface area contributed by atoms with Gasteiger partial charge >= 0.3 is 0 Å². The number of benzene rings is 1. The molecule has 1 aliphatic rings. The zero-order chi connectivity index (χ0) is 21.8. The number of hydrogen-bond donors (Lipinski definition) is 1. The van der Waals surface area contributed by atoms with E-state index in [1.807, 2.05) is 31.2 Å². The molecule has 0 aliphatic carbocycles. The fourth-order valence-corrected chi connectivity index (χ4v) is 4.74. The van der Waals surface area contributed by atoms with Crippen molar-refractivity contribution < 1.29 is 9.53 Å². The van der Waals surface area contributed by atoms with E-state index in [4.69, 9.17) is 16.3 Å². The van der Waals surface area contributed by atoms with E-state index in [2.05, 4.69) is 26.9 Å². The summed E-state index contributed by atoms with van der Waals surface area (Å²) in [5.41, 5.74) is 3.13. The van der Waals surface area contributed by atoms with Crippen molar-refractivity contribution in [3.05, 3.63) is 58.5 Å². The summed E-state index contributed by atoms with van der Waals surface area (Å²) < 4.78 is 9.71. The molecule has 0 unspecified atom stereocenters. The fraction of sp³-hybridized carbons (Fsp3) is 0.409. The van der Waals surface area contributed by atoms with Crippen LogP contribution in [0.15, 0.2) is 41.7 Å². The molecule has 1 fully saturated rings. The van der Waals surface area contributed by atoms with Gasteiger partial charge in [-0.3, -0.25) is 4.79 Å². The van der Waals surface area contributed by atoms with Gasteiger partial charge in [0, 0.05) is 23.4 Å². The molecule has 1 aromatic carbocycles. The van der Waals surface area contributed by atoms with Crippen molar-refractivity contribution in [2.24, 2.45) is 0 Å². The molecule has 4 rings (SSSR count). The average molecular weight is 460 g/mol. The zero-order valence-corrected chi connectivity index (χ0v) is 19.2. The minimum Gasteiger partial charge on any atom is -0.376 e. The molecule has 0 bridgehead atoms. The van der Waals surface area contributed by atoms with Crippen molar-refractivity contribution in [2.75, 3.05) is 17.7 Å². The van der Waals surface area contributed by atoms with Crippen LogP contribution in [0.1, 0.15) is 29.8 Å². The van der Waals surface area contributed by atoms with Gasteiger partial charge in [0.15, 0.2) is 5.16 Å². The summed E-state index contributed by atoms with van der Waals surface area (Å²) in [7, 11) is 0. The second kappa shape index (κ2) is 9.89. The molecular formula is C22H26ClN5O2S. The summed E-state index contributed by atoms with van der Waals surface area (Å²) >= 11 is 7.51. The number of carbonyl (C=O) groups excluding carboxylic acids is 1. The monoisotopic (exact) mass is 459 g/mol. The van der Waals surface area contributed by atoms with Gasteiger partial charge in [0.2, 0.25) is 5.91 Å². The lowest BCUT2D eigenvalue weighted by Gasteiger charge is -2.14. The van der Waals surface area contributed by atoms with E-state index in [0.717, 1.165) is 48.1 Å². The van der Waals surface area contributed by atoms with E-state index in [1.54, 1.807) is 16.9 Å². The first-order chi connectivity index (χ1) is 15.0. The highest BCUT2D eigenvalue weighted by atomic mass is 35.5. The molecule has 0 radical (unpaired) electrons. The van der Waals surface area contributed by atoms with E-state index in [-0.39, 0.29) is 17.8 Å². The number of aryl methyl sites for hydroxylation is 1. The Labute approximate surface area is 191 Å². The Morgan fingerprint density at radius 2 is 2.23 bits per heavy atom. The lowest BCUT2D eigenvalue weighted by Crippen LogP contribution is -2.19. The predicted octanol–water partition coefficient (Wildman–Crippen LogP) is 4.31. The Balaban J connectivity index is 1.37. The third-order valence-electron chi connectivity index (χ3n) is 5.37. The van der Waals surface area contributed by atoms with Crippen LogP contribution in [0.5, 0.6) is 0 Å². The molecule has 3 aromatic rings. The maximum atomic E-state index is 12.6.